The Kier molecular flexibility index (Phi) is 7.46. The molecule has 66 valence electrons. The molecule has 0 saturated heterocycles. The van der Waals surface area contributed by atoms with Gasteiger partial charge in [0.15, 0.2) is 0 Å². The van der Waals surface area contributed by atoms with Crippen molar-refractivity contribution in [3.8, 4) is 0 Å². The van der Waals surface area contributed by atoms with Gasteiger partial charge >= 0.3 is 0 Å². The van der Waals surface area contributed by atoms with Crippen molar-refractivity contribution in [2.24, 2.45) is 11.5 Å². The van der Waals surface area contributed by atoms with Gasteiger partial charge in [-0.3, -0.25) is 0 Å². The fraction of sp³-hybridized carbons (Fsp3) is 0.750. The van der Waals surface area contributed by atoms with Gasteiger partial charge in [0.1, 0.15) is 0 Å². The van der Waals surface area contributed by atoms with E-state index in [1.54, 1.807) is 0 Å². The van der Waals surface area contributed by atoms with E-state index in [2.05, 4.69) is 11.9 Å². The molecule has 0 rings (SSSR count). The molecule has 0 radical (unpaired) electrons. The van der Waals surface area contributed by atoms with E-state index in [1.165, 1.54) is 0 Å². The van der Waals surface area contributed by atoms with E-state index >= 15 is 0 Å². The smallest absolute Gasteiger partial charge is 0.00853 e. The lowest BCUT2D eigenvalue weighted by molar-refractivity contribution is 0.568. The van der Waals surface area contributed by atoms with Gasteiger partial charge < -0.3 is 16.8 Å². The number of hydrogen-bond donors (Lipinski definition) is 3. The van der Waals surface area contributed by atoms with Gasteiger partial charge in [0.2, 0.25) is 0 Å². The van der Waals surface area contributed by atoms with Crippen molar-refractivity contribution in [3.63, 3.8) is 0 Å². The lowest BCUT2D eigenvalue weighted by Crippen LogP contribution is -2.29. The molecular formula is C8H19N3. The molecule has 11 heavy (non-hydrogen) atoms. The second-order valence-corrected chi connectivity index (χ2v) is 2.61. The highest BCUT2D eigenvalue weighted by molar-refractivity contribution is 4.75. The van der Waals surface area contributed by atoms with Crippen molar-refractivity contribution in [1.82, 2.24) is 5.32 Å². The van der Waals surface area contributed by atoms with Gasteiger partial charge in [-0.15, -0.1) is 6.58 Å². The van der Waals surface area contributed by atoms with Crippen LogP contribution in [-0.2, 0) is 0 Å². The molecule has 5 N–H and O–H groups in total. The molecule has 1 unspecified atom stereocenters. The Morgan fingerprint density at radius 3 is 2.73 bits per heavy atom. The van der Waals surface area contributed by atoms with E-state index < -0.39 is 0 Å². The van der Waals surface area contributed by atoms with Crippen LogP contribution in [0.4, 0.5) is 0 Å². The van der Waals surface area contributed by atoms with Gasteiger partial charge in [0, 0.05) is 19.1 Å². The molecule has 0 bridgehead atoms. The van der Waals surface area contributed by atoms with Crippen LogP contribution in [0.15, 0.2) is 12.7 Å². The summed E-state index contributed by atoms with van der Waals surface area (Å²) >= 11 is 0. The Labute approximate surface area is 68.8 Å². The van der Waals surface area contributed by atoms with Crippen molar-refractivity contribution < 1.29 is 0 Å². The van der Waals surface area contributed by atoms with Crippen molar-refractivity contribution in [1.29, 1.82) is 0 Å². The molecule has 1 atom stereocenters. The summed E-state index contributed by atoms with van der Waals surface area (Å²) < 4.78 is 0. The minimum atomic E-state index is 0.248. The van der Waals surface area contributed by atoms with Crippen LogP contribution in [0.5, 0.6) is 0 Å². The largest absolute Gasteiger partial charge is 0.329 e. The van der Waals surface area contributed by atoms with Gasteiger partial charge in [-0.1, -0.05) is 6.08 Å². The Bertz CT molecular complexity index is 93.3. The zero-order chi connectivity index (χ0) is 8.53. The van der Waals surface area contributed by atoms with Crippen LogP contribution >= 0.6 is 0 Å². The quantitative estimate of drug-likeness (QED) is 0.355. The molecule has 0 aliphatic carbocycles. The Morgan fingerprint density at radius 1 is 1.45 bits per heavy atom. The van der Waals surface area contributed by atoms with Gasteiger partial charge in [0.05, 0.1) is 0 Å². The molecule has 0 aromatic heterocycles. The second kappa shape index (κ2) is 7.72. The Morgan fingerprint density at radius 2 is 2.18 bits per heavy atom. The monoisotopic (exact) mass is 157 g/mol. The summed E-state index contributed by atoms with van der Waals surface area (Å²) in [7, 11) is 0. The first-order valence-corrected chi connectivity index (χ1v) is 4.08. The van der Waals surface area contributed by atoms with Gasteiger partial charge in [-0.25, -0.2) is 0 Å². The average Bonchev–Trinajstić information content (AvgIpc) is 1.99. The zero-order valence-corrected chi connectivity index (χ0v) is 7.05. The van der Waals surface area contributed by atoms with E-state index in [-0.39, 0.29) is 6.04 Å². The molecule has 0 aromatic rings. The van der Waals surface area contributed by atoms with Crippen molar-refractivity contribution in [3.05, 3.63) is 12.7 Å². The van der Waals surface area contributed by atoms with Gasteiger partial charge in [-0.2, -0.15) is 0 Å². The third-order valence-electron chi connectivity index (χ3n) is 1.48. The van der Waals surface area contributed by atoms with Crippen molar-refractivity contribution >= 4 is 0 Å². The molecule has 0 aromatic carbocycles. The van der Waals surface area contributed by atoms with Crippen LogP contribution < -0.4 is 16.8 Å². The van der Waals surface area contributed by atoms with Crippen LogP contribution in [-0.4, -0.2) is 25.7 Å². The lowest BCUT2D eigenvalue weighted by Gasteiger charge is -2.08. The summed E-state index contributed by atoms with van der Waals surface area (Å²) in [5.74, 6) is 0. The molecule has 0 aliphatic rings. The molecule has 0 saturated carbocycles. The topological polar surface area (TPSA) is 64.1 Å². The average molecular weight is 157 g/mol. The highest BCUT2D eigenvalue weighted by Crippen LogP contribution is 1.92. The number of rotatable bonds is 7. The highest BCUT2D eigenvalue weighted by Gasteiger charge is 1.97. The first-order chi connectivity index (χ1) is 5.31. The number of nitrogens with one attached hydrogen (secondary N) is 1. The predicted octanol–water partition coefficient (Wildman–Crippen LogP) is -0.172. The first kappa shape index (κ1) is 10.6. The Balaban J connectivity index is 3.03. The number of hydrogen-bond acceptors (Lipinski definition) is 3. The lowest BCUT2D eigenvalue weighted by atomic mass is 10.1. The van der Waals surface area contributed by atoms with E-state index in [0.29, 0.717) is 6.54 Å². The summed E-state index contributed by atoms with van der Waals surface area (Å²) in [6, 6.07) is 0.248. The molecule has 0 amide bonds. The second-order valence-electron chi connectivity index (χ2n) is 2.61. The van der Waals surface area contributed by atoms with E-state index in [1.807, 2.05) is 6.08 Å². The highest BCUT2D eigenvalue weighted by atomic mass is 14.9. The standard InChI is InChI=1S/C8H19N3/c1-2-3-8(10)4-6-11-7-5-9/h2,8,11H,1,3-7,9-10H2. The maximum absolute atomic E-state index is 5.72. The van der Waals surface area contributed by atoms with Gasteiger partial charge in [-0.05, 0) is 19.4 Å². The van der Waals surface area contributed by atoms with E-state index in [0.717, 1.165) is 25.9 Å². The summed E-state index contributed by atoms with van der Waals surface area (Å²) in [6.45, 7) is 6.14. The molecule has 3 nitrogen and oxygen atoms in total. The van der Waals surface area contributed by atoms with E-state index in [4.69, 9.17) is 11.5 Å². The number of nitrogens with two attached hydrogens (primary N) is 2. The molecular weight excluding hydrogens is 138 g/mol. The first-order valence-electron chi connectivity index (χ1n) is 4.08. The summed E-state index contributed by atoms with van der Waals surface area (Å²) in [6.07, 6.45) is 3.74. The third-order valence-corrected chi connectivity index (χ3v) is 1.48. The molecule has 0 aliphatic heterocycles. The van der Waals surface area contributed by atoms with Gasteiger partial charge in [0.25, 0.3) is 0 Å². The summed E-state index contributed by atoms with van der Waals surface area (Å²) in [5, 5.41) is 3.19. The summed E-state index contributed by atoms with van der Waals surface area (Å²) in [5.41, 5.74) is 11.0. The fourth-order valence-corrected chi connectivity index (χ4v) is 0.846. The molecule has 3 heteroatoms. The normalized spacial score (nSPS) is 12.9. The zero-order valence-electron chi connectivity index (χ0n) is 7.05. The minimum absolute atomic E-state index is 0.248. The SMILES string of the molecule is C=CCC(N)CCNCCN. The molecule has 0 fully saturated rings. The Hall–Kier alpha value is -0.380. The fourth-order valence-electron chi connectivity index (χ4n) is 0.846. The molecule has 0 spiro atoms. The third kappa shape index (κ3) is 7.52. The van der Waals surface area contributed by atoms with Crippen LogP contribution in [0.2, 0.25) is 0 Å². The van der Waals surface area contributed by atoms with Crippen LogP contribution in [0.3, 0.4) is 0 Å². The maximum Gasteiger partial charge on any atom is 0.00853 e. The summed E-state index contributed by atoms with van der Waals surface area (Å²) in [4.78, 5) is 0. The van der Waals surface area contributed by atoms with Crippen LogP contribution in [0, 0.1) is 0 Å². The minimum Gasteiger partial charge on any atom is -0.329 e. The van der Waals surface area contributed by atoms with E-state index in [9.17, 15) is 0 Å². The maximum atomic E-state index is 5.72. The van der Waals surface area contributed by atoms with Crippen LogP contribution in [0.1, 0.15) is 12.8 Å². The predicted molar refractivity (Wildman–Crippen MR) is 49.3 cm³/mol. The van der Waals surface area contributed by atoms with Crippen molar-refractivity contribution in [2.45, 2.75) is 18.9 Å². The molecule has 0 heterocycles. The van der Waals surface area contributed by atoms with Crippen molar-refractivity contribution in [2.75, 3.05) is 19.6 Å². The van der Waals surface area contributed by atoms with Crippen LogP contribution in [0.25, 0.3) is 0 Å².